The van der Waals surface area contributed by atoms with E-state index in [2.05, 4.69) is 10.1 Å². The van der Waals surface area contributed by atoms with Crippen LogP contribution in [0.1, 0.15) is 17.7 Å². The second-order valence-electron chi connectivity index (χ2n) is 6.40. The minimum atomic E-state index is -0.426. The van der Waals surface area contributed by atoms with E-state index >= 15 is 0 Å². The van der Waals surface area contributed by atoms with E-state index in [0.29, 0.717) is 26.6 Å². The minimum Gasteiger partial charge on any atom is -0.461 e. The molecule has 0 amide bonds. The highest BCUT2D eigenvalue weighted by atomic mass is 35.5. The molecule has 3 heterocycles. The number of rotatable bonds is 6. The van der Waals surface area contributed by atoms with Gasteiger partial charge in [0.2, 0.25) is 0 Å². The fraction of sp³-hybridized carbons (Fsp3) is 0.200. The fourth-order valence-corrected chi connectivity index (χ4v) is 3.97. The van der Waals surface area contributed by atoms with Crippen LogP contribution in [0.5, 0.6) is 0 Å². The summed E-state index contributed by atoms with van der Waals surface area (Å²) in [5, 5.41) is 7.21. The standard InChI is InChI=1S/C20H17ClN4O3S/c1-13-16(18(21)25(23-13)14-5-3-2-4-6-14)11-28-17(26)7-9-24-12-22-19-15(20(24)27)8-10-29-19/h2-6,8,10,12H,7,9,11H2,1H3. The summed E-state index contributed by atoms with van der Waals surface area (Å²) in [6.45, 7) is 2.04. The predicted molar refractivity (Wildman–Crippen MR) is 112 cm³/mol. The molecule has 4 rings (SSSR count). The molecule has 0 radical (unpaired) electrons. The van der Waals surface area contributed by atoms with Gasteiger partial charge < -0.3 is 4.74 Å². The van der Waals surface area contributed by atoms with Gasteiger partial charge in [-0.05, 0) is 30.5 Å². The summed E-state index contributed by atoms with van der Waals surface area (Å²) in [5.41, 5.74) is 2.01. The Bertz CT molecular complexity index is 1230. The summed E-state index contributed by atoms with van der Waals surface area (Å²) >= 11 is 7.85. The van der Waals surface area contributed by atoms with E-state index in [1.807, 2.05) is 42.6 Å². The van der Waals surface area contributed by atoms with Gasteiger partial charge in [0.15, 0.2) is 0 Å². The zero-order chi connectivity index (χ0) is 20.4. The Hall–Kier alpha value is -2.97. The number of halogens is 1. The summed E-state index contributed by atoms with van der Waals surface area (Å²) < 4.78 is 8.39. The SMILES string of the molecule is Cc1nn(-c2ccccc2)c(Cl)c1COC(=O)CCn1cnc2sccc2c1=O. The van der Waals surface area contributed by atoms with Crippen LogP contribution < -0.4 is 5.56 Å². The largest absolute Gasteiger partial charge is 0.461 e. The van der Waals surface area contributed by atoms with Crippen molar-refractivity contribution in [3.8, 4) is 5.69 Å². The van der Waals surface area contributed by atoms with Crippen LogP contribution in [0, 0.1) is 6.92 Å². The van der Waals surface area contributed by atoms with Crippen molar-refractivity contribution < 1.29 is 9.53 Å². The second-order valence-corrected chi connectivity index (χ2v) is 7.65. The molecule has 0 aliphatic heterocycles. The van der Waals surface area contributed by atoms with Gasteiger partial charge in [-0.25, -0.2) is 9.67 Å². The Morgan fingerprint density at radius 1 is 1.24 bits per heavy atom. The van der Waals surface area contributed by atoms with Crippen LogP contribution in [-0.4, -0.2) is 25.3 Å². The molecule has 0 saturated heterocycles. The number of carbonyl (C=O) groups excluding carboxylic acids is 1. The molecule has 148 valence electrons. The Morgan fingerprint density at radius 2 is 2.03 bits per heavy atom. The number of aryl methyl sites for hydroxylation is 2. The Morgan fingerprint density at radius 3 is 2.83 bits per heavy atom. The van der Waals surface area contributed by atoms with Crippen molar-refractivity contribution in [2.45, 2.75) is 26.5 Å². The first-order valence-electron chi connectivity index (χ1n) is 8.92. The molecule has 0 spiro atoms. The smallest absolute Gasteiger partial charge is 0.307 e. The Kier molecular flexibility index (Phi) is 5.46. The zero-order valence-corrected chi connectivity index (χ0v) is 17.1. The number of aromatic nitrogens is 4. The monoisotopic (exact) mass is 428 g/mol. The molecular weight excluding hydrogens is 412 g/mol. The maximum Gasteiger partial charge on any atom is 0.307 e. The van der Waals surface area contributed by atoms with E-state index in [-0.39, 0.29) is 25.1 Å². The van der Waals surface area contributed by atoms with E-state index in [0.717, 1.165) is 5.69 Å². The van der Waals surface area contributed by atoms with Crippen LogP contribution >= 0.6 is 22.9 Å². The van der Waals surface area contributed by atoms with Crippen LogP contribution in [0.15, 0.2) is 52.9 Å². The second kappa shape index (κ2) is 8.18. The molecule has 0 N–H and O–H groups in total. The topological polar surface area (TPSA) is 79.0 Å². The van der Waals surface area contributed by atoms with E-state index in [1.165, 1.54) is 22.2 Å². The number of nitrogens with zero attached hydrogens (tertiary/aromatic N) is 4. The molecule has 4 aromatic rings. The highest BCUT2D eigenvalue weighted by Gasteiger charge is 2.16. The van der Waals surface area contributed by atoms with E-state index in [1.54, 1.807) is 10.7 Å². The third kappa shape index (κ3) is 3.94. The van der Waals surface area contributed by atoms with Crippen molar-refractivity contribution in [1.29, 1.82) is 0 Å². The molecule has 0 atom stereocenters. The molecule has 1 aromatic carbocycles. The number of hydrogen-bond donors (Lipinski definition) is 0. The molecule has 9 heteroatoms. The number of para-hydroxylation sites is 1. The molecule has 0 unspecified atom stereocenters. The molecule has 0 aliphatic rings. The van der Waals surface area contributed by atoms with Crippen molar-refractivity contribution in [1.82, 2.24) is 19.3 Å². The molecule has 29 heavy (non-hydrogen) atoms. The fourth-order valence-electron chi connectivity index (χ4n) is 2.92. The molecule has 0 fully saturated rings. The lowest BCUT2D eigenvalue weighted by atomic mass is 10.3. The minimum absolute atomic E-state index is 0.0209. The Balaban J connectivity index is 1.40. The maximum atomic E-state index is 12.4. The average Bonchev–Trinajstić information content (AvgIpc) is 3.32. The lowest BCUT2D eigenvalue weighted by Crippen LogP contribution is -2.22. The van der Waals surface area contributed by atoms with Gasteiger partial charge in [-0.15, -0.1) is 11.3 Å². The van der Waals surface area contributed by atoms with Gasteiger partial charge in [0, 0.05) is 12.1 Å². The van der Waals surface area contributed by atoms with E-state index in [4.69, 9.17) is 16.3 Å². The van der Waals surface area contributed by atoms with Crippen LogP contribution in [0.25, 0.3) is 15.9 Å². The van der Waals surface area contributed by atoms with E-state index < -0.39 is 5.97 Å². The molecule has 0 saturated carbocycles. The van der Waals surface area contributed by atoms with Gasteiger partial charge in [-0.2, -0.15) is 5.10 Å². The van der Waals surface area contributed by atoms with Crippen LogP contribution in [-0.2, 0) is 22.7 Å². The summed E-state index contributed by atoms with van der Waals surface area (Å²) in [6, 6.07) is 11.2. The van der Waals surface area contributed by atoms with Gasteiger partial charge in [0.25, 0.3) is 5.56 Å². The summed E-state index contributed by atoms with van der Waals surface area (Å²) in [7, 11) is 0. The number of thiophene rings is 1. The first-order valence-corrected chi connectivity index (χ1v) is 10.2. The third-order valence-corrected chi connectivity index (χ3v) is 5.72. The van der Waals surface area contributed by atoms with Gasteiger partial charge in [0.1, 0.15) is 16.6 Å². The van der Waals surface area contributed by atoms with Crippen LogP contribution in [0.2, 0.25) is 5.15 Å². The number of fused-ring (bicyclic) bond motifs is 1. The quantitative estimate of drug-likeness (QED) is 0.437. The number of benzene rings is 1. The molecule has 0 aliphatic carbocycles. The molecule has 3 aromatic heterocycles. The molecule has 0 bridgehead atoms. The number of esters is 1. The molecular formula is C20H17ClN4O3S. The average molecular weight is 429 g/mol. The zero-order valence-electron chi connectivity index (χ0n) is 15.5. The summed E-state index contributed by atoms with van der Waals surface area (Å²) in [5.74, 6) is -0.426. The Labute approximate surface area is 175 Å². The predicted octanol–water partition coefficient (Wildman–Crippen LogP) is 3.74. The van der Waals surface area contributed by atoms with Crippen molar-refractivity contribution in [3.63, 3.8) is 0 Å². The van der Waals surface area contributed by atoms with Gasteiger partial charge >= 0.3 is 5.97 Å². The normalized spacial score (nSPS) is 11.1. The lowest BCUT2D eigenvalue weighted by Gasteiger charge is -2.07. The van der Waals surface area contributed by atoms with Crippen molar-refractivity contribution >= 4 is 39.1 Å². The van der Waals surface area contributed by atoms with Gasteiger partial charge in [0.05, 0.1) is 29.5 Å². The third-order valence-electron chi connectivity index (χ3n) is 4.51. The number of carbonyl (C=O) groups is 1. The highest BCUT2D eigenvalue weighted by molar-refractivity contribution is 7.16. The van der Waals surface area contributed by atoms with Gasteiger partial charge in [-0.1, -0.05) is 29.8 Å². The number of hydrogen-bond acceptors (Lipinski definition) is 6. The first-order chi connectivity index (χ1) is 14.0. The van der Waals surface area contributed by atoms with Crippen molar-refractivity contribution in [3.05, 3.63) is 74.9 Å². The van der Waals surface area contributed by atoms with Crippen LogP contribution in [0.3, 0.4) is 0 Å². The first kappa shape index (κ1) is 19.4. The summed E-state index contributed by atoms with van der Waals surface area (Å²) in [6.07, 6.45) is 1.51. The van der Waals surface area contributed by atoms with E-state index in [9.17, 15) is 9.59 Å². The molecule has 7 nitrogen and oxygen atoms in total. The van der Waals surface area contributed by atoms with Crippen molar-refractivity contribution in [2.75, 3.05) is 0 Å². The van der Waals surface area contributed by atoms with Crippen molar-refractivity contribution in [2.24, 2.45) is 0 Å². The van der Waals surface area contributed by atoms with Gasteiger partial charge in [-0.3, -0.25) is 14.2 Å². The highest BCUT2D eigenvalue weighted by Crippen LogP contribution is 2.24. The lowest BCUT2D eigenvalue weighted by molar-refractivity contribution is -0.145. The number of ether oxygens (including phenoxy) is 1. The maximum absolute atomic E-state index is 12.4. The summed E-state index contributed by atoms with van der Waals surface area (Å²) in [4.78, 5) is 29.5. The van der Waals surface area contributed by atoms with Crippen LogP contribution in [0.4, 0.5) is 0 Å².